The maximum absolute atomic E-state index is 8.00. The summed E-state index contributed by atoms with van der Waals surface area (Å²) in [6.07, 6.45) is 5.14. The molecule has 0 amide bonds. The number of rotatable bonds is 0. The number of allylic oxidation sites excluding steroid dienone is 2. The molecule has 10 heavy (non-hydrogen) atoms. The molecular formula is C7H11NO2. The highest BCUT2D eigenvalue weighted by molar-refractivity contribution is 5.15. The minimum absolute atomic E-state index is 0.222. The first-order chi connectivity index (χ1) is 4.80. The Balaban J connectivity index is 0.000000371. The summed E-state index contributed by atoms with van der Waals surface area (Å²) in [6.45, 7) is 3.94. The highest BCUT2D eigenvalue weighted by Crippen LogP contribution is 2.05. The topological polar surface area (TPSA) is 52.3 Å². The molecule has 0 radical (unpaired) electrons. The third kappa shape index (κ3) is 2.46. The summed E-state index contributed by atoms with van der Waals surface area (Å²) in [5.74, 6) is 0. The van der Waals surface area contributed by atoms with Gasteiger partial charge in [-0.1, -0.05) is 6.08 Å². The van der Waals surface area contributed by atoms with Gasteiger partial charge in [0.25, 0.3) is 0 Å². The summed E-state index contributed by atoms with van der Waals surface area (Å²) in [6, 6.07) is 0. The fourth-order valence-electron chi connectivity index (χ4n) is 0.523. The van der Waals surface area contributed by atoms with Gasteiger partial charge in [-0.25, -0.2) is 0 Å². The molecule has 0 fully saturated rings. The van der Waals surface area contributed by atoms with Crippen LogP contribution in [0.2, 0.25) is 0 Å². The number of carbonyl (C=O) groups excluding carboxylic acids is 1. The highest BCUT2D eigenvalue weighted by atomic mass is 16.5. The summed E-state index contributed by atoms with van der Waals surface area (Å²) in [4.78, 5) is 8.00. The Morgan fingerprint density at radius 1 is 1.70 bits per heavy atom. The Morgan fingerprint density at radius 2 is 2.30 bits per heavy atom. The summed E-state index contributed by atoms with van der Waals surface area (Å²) in [7, 11) is 0. The van der Waals surface area contributed by atoms with Crippen molar-refractivity contribution in [2.75, 3.05) is 0 Å². The van der Waals surface area contributed by atoms with Gasteiger partial charge in [0.05, 0.1) is 6.26 Å². The second-order valence-electron chi connectivity index (χ2n) is 1.80. The lowest BCUT2D eigenvalue weighted by Gasteiger charge is -2.13. The molecule has 3 nitrogen and oxygen atoms in total. The monoisotopic (exact) mass is 141 g/mol. The van der Waals surface area contributed by atoms with Crippen LogP contribution in [0.15, 0.2) is 24.0 Å². The molecule has 0 aromatic heterocycles. The summed E-state index contributed by atoms with van der Waals surface area (Å²) < 4.78 is 4.92. The first-order valence-electron chi connectivity index (χ1n) is 2.84. The van der Waals surface area contributed by atoms with E-state index in [1.54, 1.807) is 6.26 Å². The lowest BCUT2D eigenvalue weighted by atomic mass is 10.2. The van der Waals surface area contributed by atoms with E-state index in [0.717, 1.165) is 5.57 Å². The molecule has 2 N–H and O–H groups in total. The molecule has 0 bridgehead atoms. The van der Waals surface area contributed by atoms with E-state index in [9.17, 15) is 0 Å². The highest BCUT2D eigenvalue weighted by Gasteiger charge is 2.03. The minimum Gasteiger partial charge on any atom is -0.479 e. The molecule has 1 unspecified atom stereocenters. The smallest absolute Gasteiger partial charge is 0.169 e. The predicted molar refractivity (Wildman–Crippen MR) is 39.1 cm³/mol. The van der Waals surface area contributed by atoms with Crippen molar-refractivity contribution in [1.29, 1.82) is 0 Å². The van der Waals surface area contributed by atoms with Crippen LogP contribution in [0.5, 0.6) is 0 Å². The predicted octanol–water partition coefficient (Wildman–Crippen LogP) is 0.577. The first kappa shape index (κ1) is 8.91. The number of nitrogens with two attached hydrogens (primary N) is 1. The minimum atomic E-state index is -0.222. The van der Waals surface area contributed by atoms with Crippen LogP contribution in [-0.2, 0) is 9.53 Å². The summed E-state index contributed by atoms with van der Waals surface area (Å²) >= 11 is 0. The molecule has 0 spiro atoms. The molecule has 1 rings (SSSR count). The average Bonchev–Trinajstić information content (AvgIpc) is 2.00. The van der Waals surface area contributed by atoms with E-state index in [1.807, 2.05) is 25.9 Å². The zero-order valence-corrected chi connectivity index (χ0v) is 5.91. The van der Waals surface area contributed by atoms with E-state index < -0.39 is 0 Å². The molecule has 0 aromatic carbocycles. The molecule has 1 aliphatic heterocycles. The van der Waals surface area contributed by atoms with Crippen molar-refractivity contribution < 1.29 is 9.53 Å². The van der Waals surface area contributed by atoms with Gasteiger partial charge in [0, 0.05) is 0 Å². The molecule has 0 aromatic rings. The molecule has 56 valence electrons. The van der Waals surface area contributed by atoms with Crippen LogP contribution in [0, 0.1) is 0 Å². The number of ether oxygens (including phenoxy) is 1. The van der Waals surface area contributed by atoms with Gasteiger partial charge in [-0.05, 0) is 18.6 Å². The maximum atomic E-state index is 8.00. The summed E-state index contributed by atoms with van der Waals surface area (Å²) in [5, 5.41) is 0. The average molecular weight is 141 g/mol. The Morgan fingerprint density at radius 3 is 2.60 bits per heavy atom. The molecule has 1 aliphatic rings. The maximum Gasteiger partial charge on any atom is 0.169 e. The largest absolute Gasteiger partial charge is 0.479 e. The Kier molecular flexibility index (Phi) is 4.24. The van der Waals surface area contributed by atoms with Crippen molar-refractivity contribution >= 4 is 6.79 Å². The van der Waals surface area contributed by atoms with Gasteiger partial charge in [-0.3, -0.25) is 5.73 Å². The van der Waals surface area contributed by atoms with Crippen LogP contribution in [0.4, 0.5) is 0 Å². The normalized spacial score (nSPS) is 21.8. The van der Waals surface area contributed by atoms with Gasteiger partial charge >= 0.3 is 0 Å². The van der Waals surface area contributed by atoms with Gasteiger partial charge < -0.3 is 9.53 Å². The van der Waals surface area contributed by atoms with Crippen molar-refractivity contribution in [1.82, 2.24) is 0 Å². The quantitative estimate of drug-likeness (QED) is 0.536. The van der Waals surface area contributed by atoms with Crippen molar-refractivity contribution in [2.45, 2.75) is 13.2 Å². The second-order valence-corrected chi connectivity index (χ2v) is 1.80. The Bertz CT molecular complexity index is 152. The van der Waals surface area contributed by atoms with Crippen LogP contribution in [-0.4, -0.2) is 13.0 Å². The van der Waals surface area contributed by atoms with Gasteiger partial charge in [0.1, 0.15) is 6.79 Å². The molecule has 0 aliphatic carbocycles. The lowest BCUT2D eigenvalue weighted by Crippen LogP contribution is -2.23. The summed E-state index contributed by atoms with van der Waals surface area (Å²) in [5.41, 5.74) is 6.50. The molecule has 1 heterocycles. The van der Waals surface area contributed by atoms with Crippen LogP contribution in [0.3, 0.4) is 0 Å². The Labute approximate surface area is 60.2 Å². The first-order valence-corrected chi connectivity index (χ1v) is 2.84. The van der Waals surface area contributed by atoms with E-state index >= 15 is 0 Å². The standard InChI is InChI=1S/C6H9NO.CH2O/c1-5-3-2-4-8-6(5)7;1-2/h2-4,6H,7H2,1H3;1H2. The van der Waals surface area contributed by atoms with Gasteiger partial charge in [0.2, 0.25) is 0 Å². The van der Waals surface area contributed by atoms with Crippen molar-refractivity contribution in [3.8, 4) is 0 Å². The van der Waals surface area contributed by atoms with Crippen LogP contribution >= 0.6 is 0 Å². The lowest BCUT2D eigenvalue weighted by molar-refractivity contribution is -0.0979. The van der Waals surface area contributed by atoms with Gasteiger partial charge in [-0.2, -0.15) is 0 Å². The van der Waals surface area contributed by atoms with E-state index in [0.29, 0.717) is 0 Å². The fraction of sp³-hybridized carbons (Fsp3) is 0.286. The van der Waals surface area contributed by atoms with Gasteiger partial charge in [0.15, 0.2) is 6.23 Å². The zero-order valence-electron chi connectivity index (χ0n) is 5.91. The van der Waals surface area contributed by atoms with E-state index in [2.05, 4.69) is 0 Å². The van der Waals surface area contributed by atoms with Crippen LogP contribution in [0.1, 0.15) is 6.92 Å². The molecule has 3 heteroatoms. The molecular weight excluding hydrogens is 130 g/mol. The third-order valence-corrected chi connectivity index (χ3v) is 1.11. The third-order valence-electron chi connectivity index (χ3n) is 1.11. The fourth-order valence-corrected chi connectivity index (χ4v) is 0.523. The number of hydrogen-bond acceptors (Lipinski definition) is 3. The van der Waals surface area contributed by atoms with Crippen LogP contribution in [0.25, 0.3) is 0 Å². The van der Waals surface area contributed by atoms with E-state index in [-0.39, 0.29) is 6.23 Å². The SMILES string of the molecule is C=O.CC1=CC=COC1N. The molecule has 1 atom stereocenters. The van der Waals surface area contributed by atoms with Crippen LogP contribution < -0.4 is 5.73 Å². The molecule has 0 saturated carbocycles. The number of carbonyl (C=O) groups is 1. The van der Waals surface area contributed by atoms with Crippen molar-refractivity contribution in [3.05, 3.63) is 24.0 Å². The van der Waals surface area contributed by atoms with E-state index in [4.69, 9.17) is 15.3 Å². The Hall–Kier alpha value is -1.09. The second kappa shape index (κ2) is 4.76. The molecule has 0 saturated heterocycles. The number of hydrogen-bond donors (Lipinski definition) is 1. The van der Waals surface area contributed by atoms with Gasteiger partial charge in [-0.15, -0.1) is 0 Å². The van der Waals surface area contributed by atoms with Crippen molar-refractivity contribution in [3.63, 3.8) is 0 Å². The van der Waals surface area contributed by atoms with E-state index in [1.165, 1.54) is 0 Å². The zero-order chi connectivity index (χ0) is 7.98. The van der Waals surface area contributed by atoms with Crippen molar-refractivity contribution in [2.24, 2.45) is 5.73 Å².